The molecule has 0 heterocycles. The highest BCUT2D eigenvalue weighted by molar-refractivity contribution is 9.10. The summed E-state index contributed by atoms with van der Waals surface area (Å²) in [6, 6.07) is 4.61. The minimum absolute atomic E-state index is 0.192. The standard InChI is InChI=1S/C13H17BrFNO2/c1-3-18-13(17)6-7-16(2)9-10-4-5-11(15)8-12(10)14/h4-5,8H,3,6-7,9H2,1-2H3. The van der Waals surface area contributed by atoms with Gasteiger partial charge in [0.2, 0.25) is 0 Å². The van der Waals surface area contributed by atoms with E-state index in [1.165, 1.54) is 12.1 Å². The molecule has 0 unspecified atom stereocenters. The van der Waals surface area contributed by atoms with Crippen molar-refractivity contribution in [3.63, 3.8) is 0 Å². The molecule has 1 aromatic rings. The van der Waals surface area contributed by atoms with Crippen LogP contribution in [0.4, 0.5) is 4.39 Å². The average Bonchev–Trinajstić information content (AvgIpc) is 2.31. The molecular weight excluding hydrogens is 301 g/mol. The van der Waals surface area contributed by atoms with Gasteiger partial charge in [0.05, 0.1) is 13.0 Å². The normalized spacial score (nSPS) is 10.7. The molecule has 3 nitrogen and oxygen atoms in total. The summed E-state index contributed by atoms with van der Waals surface area (Å²) in [6.07, 6.45) is 0.364. The molecule has 5 heteroatoms. The first-order valence-electron chi connectivity index (χ1n) is 5.81. The summed E-state index contributed by atoms with van der Waals surface area (Å²) in [6.45, 7) is 3.46. The number of benzene rings is 1. The highest BCUT2D eigenvalue weighted by atomic mass is 79.9. The molecule has 100 valence electrons. The van der Waals surface area contributed by atoms with Gasteiger partial charge in [-0.2, -0.15) is 0 Å². The second-order valence-electron chi connectivity index (χ2n) is 4.03. The van der Waals surface area contributed by atoms with Crippen LogP contribution >= 0.6 is 15.9 Å². The van der Waals surface area contributed by atoms with Gasteiger partial charge in [0.15, 0.2) is 0 Å². The van der Waals surface area contributed by atoms with Crippen LogP contribution < -0.4 is 0 Å². The summed E-state index contributed by atoms with van der Waals surface area (Å²) in [4.78, 5) is 13.2. The quantitative estimate of drug-likeness (QED) is 0.755. The van der Waals surface area contributed by atoms with E-state index >= 15 is 0 Å². The van der Waals surface area contributed by atoms with E-state index in [1.807, 2.05) is 11.9 Å². The van der Waals surface area contributed by atoms with E-state index in [4.69, 9.17) is 4.74 Å². The molecule has 1 rings (SSSR count). The Bertz CT molecular complexity index is 412. The third-order valence-corrected chi connectivity index (χ3v) is 3.20. The molecule has 18 heavy (non-hydrogen) atoms. The lowest BCUT2D eigenvalue weighted by molar-refractivity contribution is -0.143. The highest BCUT2D eigenvalue weighted by Gasteiger charge is 2.08. The highest BCUT2D eigenvalue weighted by Crippen LogP contribution is 2.19. The first kappa shape index (κ1) is 15.1. The summed E-state index contributed by atoms with van der Waals surface area (Å²) in [5.41, 5.74) is 0.989. The Kier molecular flexibility index (Phi) is 6.29. The predicted molar refractivity (Wildman–Crippen MR) is 71.7 cm³/mol. The van der Waals surface area contributed by atoms with E-state index in [1.54, 1.807) is 13.0 Å². The van der Waals surface area contributed by atoms with Crippen molar-refractivity contribution >= 4 is 21.9 Å². The maximum atomic E-state index is 12.9. The van der Waals surface area contributed by atoms with Crippen molar-refractivity contribution in [2.24, 2.45) is 0 Å². The Labute approximate surface area is 115 Å². The van der Waals surface area contributed by atoms with Crippen molar-refractivity contribution in [2.75, 3.05) is 20.2 Å². The number of carbonyl (C=O) groups is 1. The Morgan fingerprint density at radius 1 is 1.50 bits per heavy atom. The van der Waals surface area contributed by atoms with Crippen LogP contribution in [0.2, 0.25) is 0 Å². The van der Waals surface area contributed by atoms with Crippen LogP contribution in [-0.2, 0) is 16.1 Å². The molecule has 0 aliphatic heterocycles. The Morgan fingerprint density at radius 3 is 2.83 bits per heavy atom. The monoisotopic (exact) mass is 317 g/mol. The van der Waals surface area contributed by atoms with Gasteiger partial charge in [-0.1, -0.05) is 22.0 Å². The van der Waals surface area contributed by atoms with Gasteiger partial charge in [-0.05, 0) is 31.7 Å². The van der Waals surface area contributed by atoms with Crippen LogP contribution in [0.15, 0.2) is 22.7 Å². The fourth-order valence-corrected chi connectivity index (χ4v) is 2.01. The Morgan fingerprint density at radius 2 is 2.22 bits per heavy atom. The van der Waals surface area contributed by atoms with Crippen LogP contribution in [0.5, 0.6) is 0 Å². The van der Waals surface area contributed by atoms with E-state index in [9.17, 15) is 9.18 Å². The van der Waals surface area contributed by atoms with E-state index < -0.39 is 0 Å². The lowest BCUT2D eigenvalue weighted by atomic mass is 10.2. The third kappa shape index (κ3) is 5.14. The number of hydrogen-bond acceptors (Lipinski definition) is 3. The van der Waals surface area contributed by atoms with Crippen LogP contribution in [0, 0.1) is 5.82 Å². The number of carbonyl (C=O) groups excluding carboxylic acids is 1. The largest absolute Gasteiger partial charge is 0.466 e. The summed E-state index contributed by atoms with van der Waals surface area (Å²) < 4.78 is 18.5. The predicted octanol–water partition coefficient (Wildman–Crippen LogP) is 2.97. The molecule has 0 N–H and O–H groups in total. The van der Waals surface area contributed by atoms with Crippen molar-refractivity contribution < 1.29 is 13.9 Å². The van der Waals surface area contributed by atoms with Crippen molar-refractivity contribution in [1.82, 2.24) is 4.90 Å². The van der Waals surface area contributed by atoms with Crippen molar-refractivity contribution in [3.05, 3.63) is 34.1 Å². The van der Waals surface area contributed by atoms with E-state index in [0.717, 1.165) is 10.0 Å². The molecule has 0 saturated carbocycles. The molecule has 1 aromatic carbocycles. The van der Waals surface area contributed by atoms with Gasteiger partial charge < -0.3 is 9.64 Å². The SMILES string of the molecule is CCOC(=O)CCN(C)Cc1ccc(F)cc1Br. The molecular formula is C13H17BrFNO2. The van der Waals surface area contributed by atoms with E-state index in [2.05, 4.69) is 15.9 Å². The van der Waals surface area contributed by atoms with E-state index in [0.29, 0.717) is 26.1 Å². The molecule has 0 atom stereocenters. The van der Waals surface area contributed by atoms with Crippen molar-refractivity contribution in [1.29, 1.82) is 0 Å². The zero-order valence-electron chi connectivity index (χ0n) is 10.6. The smallest absolute Gasteiger partial charge is 0.307 e. The zero-order chi connectivity index (χ0) is 13.5. The van der Waals surface area contributed by atoms with Gasteiger partial charge in [-0.3, -0.25) is 4.79 Å². The zero-order valence-corrected chi connectivity index (χ0v) is 12.2. The van der Waals surface area contributed by atoms with Crippen molar-refractivity contribution in [3.8, 4) is 0 Å². The molecule has 0 saturated heterocycles. The maximum Gasteiger partial charge on any atom is 0.307 e. The molecule has 0 aliphatic rings. The lowest BCUT2D eigenvalue weighted by Gasteiger charge is -2.17. The second-order valence-corrected chi connectivity index (χ2v) is 4.88. The molecule has 0 bridgehead atoms. The van der Waals surface area contributed by atoms with Gasteiger partial charge in [0.25, 0.3) is 0 Å². The maximum absolute atomic E-state index is 12.9. The van der Waals surface area contributed by atoms with Crippen LogP contribution in [0.25, 0.3) is 0 Å². The molecule has 0 fully saturated rings. The summed E-state index contributed by atoms with van der Waals surface area (Å²) in [7, 11) is 1.91. The average molecular weight is 318 g/mol. The van der Waals surface area contributed by atoms with E-state index in [-0.39, 0.29) is 11.8 Å². The van der Waals surface area contributed by atoms with Gasteiger partial charge in [0.1, 0.15) is 5.82 Å². The minimum Gasteiger partial charge on any atom is -0.466 e. The minimum atomic E-state index is -0.264. The number of hydrogen-bond donors (Lipinski definition) is 0. The van der Waals surface area contributed by atoms with Gasteiger partial charge in [-0.15, -0.1) is 0 Å². The van der Waals surface area contributed by atoms with Crippen LogP contribution in [0.1, 0.15) is 18.9 Å². The fraction of sp³-hybridized carbons (Fsp3) is 0.462. The molecule has 0 amide bonds. The number of ether oxygens (including phenoxy) is 1. The Hall–Kier alpha value is -0.940. The number of esters is 1. The first-order valence-corrected chi connectivity index (χ1v) is 6.60. The summed E-state index contributed by atoms with van der Waals surface area (Å²) in [5.74, 6) is -0.456. The van der Waals surface area contributed by atoms with Crippen molar-refractivity contribution in [2.45, 2.75) is 19.9 Å². The number of nitrogens with zero attached hydrogens (tertiary/aromatic N) is 1. The van der Waals surface area contributed by atoms with Crippen LogP contribution in [-0.4, -0.2) is 31.1 Å². The molecule has 0 aliphatic carbocycles. The number of halogens is 2. The molecule has 0 aromatic heterocycles. The topological polar surface area (TPSA) is 29.5 Å². The second kappa shape index (κ2) is 7.48. The molecule has 0 spiro atoms. The lowest BCUT2D eigenvalue weighted by Crippen LogP contribution is -2.22. The summed E-state index contributed by atoms with van der Waals surface area (Å²) in [5, 5.41) is 0. The third-order valence-electron chi connectivity index (χ3n) is 2.46. The fourth-order valence-electron chi connectivity index (χ4n) is 1.54. The van der Waals surface area contributed by atoms with Crippen LogP contribution in [0.3, 0.4) is 0 Å². The van der Waals surface area contributed by atoms with Gasteiger partial charge >= 0.3 is 5.97 Å². The number of rotatable bonds is 6. The molecule has 0 radical (unpaired) electrons. The summed E-state index contributed by atoms with van der Waals surface area (Å²) >= 11 is 3.32. The first-order chi connectivity index (χ1) is 8.52. The van der Waals surface area contributed by atoms with Gasteiger partial charge in [0, 0.05) is 17.6 Å². The van der Waals surface area contributed by atoms with Gasteiger partial charge in [-0.25, -0.2) is 4.39 Å². The Balaban J connectivity index is 2.44.